The number of amides is 1. The maximum Gasteiger partial charge on any atom is 0.410 e. The second-order valence-electron chi connectivity index (χ2n) is 5.66. The van der Waals surface area contributed by atoms with Gasteiger partial charge in [-0.1, -0.05) is 0 Å². The van der Waals surface area contributed by atoms with Crippen molar-refractivity contribution in [2.75, 3.05) is 12.3 Å². The van der Waals surface area contributed by atoms with Crippen molar-refractivity contribution in [1.82, 2.24) is 4.90 Å². The number of fused-ring (bicyclic) bond motifs is 1. The minimum Gasteiger partial charge on any atom is -0.444 e. The number of nitrogens with two attached hydrogens (primary N) is 1. The van der Waals surface area contributed by atoms with Crippen molar-refractivity contribution in [3.8, 4) is 0 Å². The van der Waals surface area contributed by atoms with Crippen LogP contribution in [0.3, 0.4) is 0 Å². The molecule has 0 unspecified atom stereocenters. The van der Waals surface area contributed by atoms with Crippen LogP contribution in [0.15, 0.2) is 0 Å². The number of thiophene rings is 1. The van der Waals surface area contributed by atoms with Gasteiger partial charge in [0.05, 0.1) is 18.2 Å². The highest BCUT2D eigenvalue weighted by atomic mass is 32.1. The molecule has 1 amide bonds. The number of anilines is 1. The SMILES string of the molecule is CC(C)(C)OC(=O)N1CCc2c(sc(N)c2CO)C1. The van der Waals surface area contributed by atoms with Crippen LogP contribution in [-0.2, 0) is 24.3 Å². The van der Waals surface area contributed by atoms with Crippen LogP contribution in [0.1, 0.15) is 36.8 Å². The van der Waals surface area contributed by atoms with Crippen LogP contribution in [-0.4, -0.2) is 28.2 Å². The number of aliphatic hydroxyl groups is 1. The summed E-state index contributed by atoms with van der Waals surface area (Å²) in [5.41, 5.74) is 7.32. The largest absolute Gasteiger partial charge is 0.444 e. The lowest BCUT2D eigenvalue weighted by atomic mass is 10.0. The Morgan fingerprint density at radius 3 is 2.79 bits per heavy atom. The minimum atomic E-state index is -0.484. The van der Waals surface area contributed by atoms with E-state index in [1.165, 1.54) is 11.3 Å². The molecule has 0 spiro atoms. The Labute approximate surface area is 117 Å². The molecule has 2 heterocycles. The lowest BCUT2D eigenvalue weighted by Gasteiger charge is -2.30. The molecule has 106 valence electrons. The van der Waals surface area contributed by atoms with Crippen molar-refractivity contribution >= 4 is 22.4 Å². The van der Waals surface area contributed by atoms with E-state index in [1.807, 2.05) is 20.8 Å². The van der Waals surface area contributed by atoms with E-state index in [9.17, 15) is 9.90 Å². The Balaban J connectivity index is 2.12. The zero-order valence-corrected chi connectivity index (χ0v) is 12.3. The highest BCUT2D eigenvalue weighted by Crippen LogP contribution is 2.35. The molecule has 3 N–H and O–H groups in total. The summed E-state index contributed by atoms with van der Waals surface area (Å²) in [6, 6.07) is 0. The second-order valence-corrected chi connectivity index (χ2v) is 6.79. The lowest BCUT2D eigenvalue weighted by molar-refractivity contribution is 0.0226. The van der Waals surface area contributed by atoms with E-state index >= 15 is 0 Å². The fourth-order valence-electron chi connectivity index (χ4n) is 2.15. The molecule has 0 radical (unpaired) electrons. The average Bonchev–Trinajstić information content (AvgIpc) is 2.60. The maximum absolute atomic E-state index is 12.0. The normalized spacial score (nSPS) is 15.3. The molecule has 0 bridgehead atoms. The van der Waals surface area contributed by atoms with Gasteiger partial charge in [0.1, 0.15) is 5.60 Å². The summed E-state index contributed by atoms with van der Waals surface area (Å²) in [5.74, 6) is 0. The van der Waals surface area contributed by atoms with E-state index in [4.69, 9.17) is 10.5 Å². The third-order valence-corrected chi connectivity index (χ3v) is 4.10. The van der Waals surface area contributed by atoms with Gasteiger partial charge in [-0.05, 0) is 32.8 Å². The standard InChI is InChI=1S/C13H20N2O3S/c1-13(2,3)18-12(17)15-5-4-8-9(7-16)11(14)19-10(8)6-15/h16H,4-7,14H2,1-3H3. The Bertz CT molecular complexity index is 491. The van der Waals surface area contributed by atoms with Gasteiger partial charge in [0.25, 0.3) is 0 Å². The Morgan fingerprint density at radius 1 is 1.53 bits per heavy atom. The summed E-state index contributed by atoms with van der Waals surface area (Å²) in [7, 11) is 0. The molecule has 0 saturated heterocycles. The van der Waals surface area contributed by atoms with Gasteiger partial charge in [0.15, 0.2) is 0 Å². The number of carbonyl (C=O) groups excluding carboxylic acids is 1. The van der Waals surface area contributed by atoms with Crippen LogP contribution in [0.25, 0.3) is 0 Å². The first kappa shape index (κ1) is 14.1. The van der Waals surface area contributed by atoms with E-state index in [1.54, 1.807) is 4.90 Å². The number of rotatable bonds is 1. The number of aliphatic hydroxyl groups excluding tert-OH is 1. The maximum atomic E-state index is 12.0. The number of ether oxygens (including phenoxy) is 1. The van der Waals surface area contributed by atoms with Crippen molar-refractivity contribution in [3.63, 3.8) is 0 Å². The summed E-state index contributed by atoms with van der Waals surface area (Å²) in [4.78, 5) is 14.8. The number of nitrogen functional groups attached to an aromatic ring is 1. The topological polar surface area (TPSA) is 75.8 Å². The first-order chi connectivity index (χ1) is 8.81. The predicted octanol–water partition coefficient (Wildman–Crippen LogP) is 2.12. The molecular formula is C13H20N2O3S. The van der Waals surface area contributed by atoms with E-state index < -0.39 is 5.60 Å². The molecule has 0 atom stereocenters. The zero-order valence-electron chi connectivity index (χ0n) is 11.5. The minimum absolute atomic E-state index is 0.0376. The van der Waals surface area contributed by atoms with Crippen LogP contribution in [0.4, 0.5) is 9.80 Å². The second kappa shape index (κ2) is 5.02. The van der Waals surface area contributed by atoms with E-state index in [2.05, 4.69) is 0 Å². The van der Waals surface area contributed by atoms with Crippen LogP contribution < -0.4 is 5.73 Å². The number of nitrogens with zero attached hydrogens (tertiary/aromatic N) is 1. The van der Waals surface area contributed by atoms with Crippen LogP contribution >= 0.6 is 11.3 Å². The van der Waals surface area contributed by atoms with Crippen LogP contribution in [0.5, 0.6) is 0 Å². The van der Waals surface area contributed by atoms with E-state index in [0.717, 1.165) is 22.4 Å². The quantitative estimate of drug-likeness (QED) is 0.828. The molecule has 1 aliphatic heterocycles. The first-order valence-electron chi connectivity index (χ1n) is 6.29. The molecule has 2 rings (SSSR count). The van der Waals surface area contributed by atoms with Gasteiger partial charge in [-0.15, -0.1) is 11.3 Å². The van der Waals surface area contributed by atoms with Crippen LogP contribution in [0.2, 0.25) is 0 Å². The smallest absolute Gasteiger partial charge is 0.410 e. The molecule has 5 nitrogen and oxygen atoms in total. The fourth-order valence-corrected chi connectivity index (χ4v) is 3.29. The molecule has 0 aliphatic carbocycles. The van der Waals surface area contributed by atoms with Crippen molar-refractivity contribution in [3.05, 3.63) is 16.0 Å². The molecule has 0 aromatic carbocycles. The van der Waals surface area contributed by atoms with E-state index in [0.29, 0.717) is 18.1 Å². The van der Waals surface area contributed by atoms with Crippen molar-refractivity contribution in [2.24, 2.45) is 0 Å². The summed E-state index contributed by atoms with van der Waals surface area (Å²) in [6.07, 6.45) is 0.425. The molecule has 0 fully saturated rings. The number of hydrogen-bond acceptors (Lipinski definition) is 5. The number of carbonyl (C=O) groups is 1. The highest BCUT2D eigenvalue weighted by Gasteiger charge is 2.28. The molecule has 1 aromatic rings. The third-order valence-electron chi connectivity index (χ3n) is 3.01. The molecular weight excluding hydrogens is 264 g/mol. The Kier molecular flexibility index (Phi) is 3.73. The fraction of sp³-hybridized carbons (Fsp3) is 0.615. The highest BCUT2D eigenvalue weighted by molar-refractivity contribution is 7.16. The molecule has 1 aromatic heterocycles. The predicted molar refractivity (Wildman–Crippen MR) is 75.0 cm³/mol. The van der Waals surface area contributed by atoms with Gasteiger partial charge in [-0.3, -0.25) is 0 Å². The Morgan fingerprint density at radius 2 is 2.21 bits per heavy atom. The van der Waals surface area contributed by atoms with Gasteiger partial charge in [-0.25, -0.2) is 4.79 Å². The third kappa shape index (κ3) is 3.01. The summed E-state index contributed by atoms with van der Waals surface area (Å²) < 4.78 is 5.37. The Hall–Kier alpha value is -1.27. The van der Waals surface area contributed by atoms with Gasteiger partial charge in [0, 0.05) is 17.0 Å². The summed E-state index contributed by atoms with van der Waals surface area (Å²) in [5, 5.41) is 9.96. The summed E-state index contributed by atoms with van der Waals surface area (Å²) >= 11 is 1.45. The number of hydrogen-bond donors (Lipinski definition) is 2. The van der Waals surface area contributed by atoms with Crippen molar-refractivity contribution < 1.29 is 14.6 Å². The van der Waals surface area contributed by atoms with Crippen molar-refractivity contribution in [1.29, 1.82) is 0 Å². The van der Waals surface area contributed by atoms with Crippen LogP contribution in [0, 0.1) is 0 Å². The first-order valence-corrected chi connectivity index (χ1v) is 7.11. The van der Waals surface area contributed by atoms with Gasteiger partial charge in [0.2, 0.25) is 0 Å². The van der Waals surface area contributed by atoms with Crippen molar-refractivity contribution in [2.45, 2.75) is 45.9 Å². The molecule has 1 aliphatic rings. The summed E-state index contributed by atoms with van der Waals surface area (Å²) in [6.45, 7) is 6.64. The van der Waals surface area contributed by atoms with Gasteiger partial charge < -0.3 is 20.5 Å². The molecule has 19 heavy (non-hydrogen) atoms. The van der Waals surface area contributed by atoms with E-state index in [-0.39, 0.29) is 12.7 Å². The van der Waals surface area contributed by atoms with Gasteiger partial charge in [-0.2, -0.15) is 0 Å². The lowest BCUT2D eigenvalue weighted by Crippen LogP contribution is -2.39. The zero-order chi connectivity index (χ0) is 14.2. The monoisotopic (exact) mass is 284 g/mol. The average molecular weight is 284 g/mol. The van der Waals surface area contributed by atoms with Gasteiger partial charge >= 0.3 is 6.09 Å². The molecule has 0 saturated carbocycles. The molecule has 6 heteroatoms.